The summed E-state index contributed by atoms with van der Waals surface area (Å²) in [5.41, 5.74) is 1.22. The molecular weight excluding hydrogens is 246 g/mol. The van der Waals surface area contributed by atoms with Crippen molar-refractivity contribution >= 4 is 15.5 Å². The lowest BCUT2D eigenvalue weighted by atomic mass is 9.82. The van der Waals surface area contributed by atoms with Gasteiger partial charge in [0.05, 0.1) is 4.90 Å². The molecule has 0 saturated heterocycles. The number of hydrogen-bond donors (Lipinski definition) is 1. The summed E-state index contributed by atoms with van der Waals surface area (Å²) in [6.45, 7) is 9.73. The minimum Gasteiger partial charge on any atom is -0.385 e. The second-order valence-corrected chi connectivity index (χ2v) is 7.96. The molecule has 18 heavy (non-hydrogen) atoms. The van der Waals surface area contributed by atoms with Crippen LogP contribution in [-0.4, -0.2) is 21.2 Å². The van der Waals surface area contributed by atoms with E-state index in [1.807, 2.05) is 12.1 Å². The van der Waals surface area contributed by atoms with Crippen molar-refractivity contribution in [3.05, 3.63) is 24.3 Å². The maximum absolute atomic E-state index is 11.3. The number of sulfone groups is 1. The Bertz CT molecular complexity index is 484. The summed E-state index contributed by atoms with van der Waals surface area (Å²) in [5, 5.41) is 3.33. The summed E-state index contributed by atoms with van der Waals surface area (Å²) >= 11 is 0. The van der Waals surface area contributed by atoms with Gasteiger partial charge in [0.15, 0.2) is 9.84 Å². The lowest BCUT2D eigenvalue weighted by Crippen LogP contribution is -2.24. The molecule has 1 rings (SSSR count). The van der Waals surface area contributed by atoms with Crippen molar-refractivity contribution in [1.82, 2.24) is 0 Å². The van der Waals surface area contributed by atoms with E-state index in [2.05, 4.69) is 33.0 Å². The molecule has 0 fully saturated rings. The number of hydrogen-bond acceptors (Lipinski definition) is 3. The third kappa shape index (κ3) is 4.33. The van der Waals surface area contributed by atoms with E-state index in [1.165, 1.54) is 6.26 Å². The summed E-state index contributed by atoms with van der Waals surface area (Å²) in [6.07, 6.45) is 1.22. The Balaban J connectivity index is 2.66. The molecule has 1 unspecified atom stereocenters. The van der Waals surface area contributed by atoms with Gasteiger partial charge in [0.2, 0.25) is 0 Å². The monoisotopic (exact) mass is 269 g/mol. The van der Waals surface area contributed by atoms with Crippen LogP contribution in [0.4, 0.5) is 5.69 Å². The standard InChI is InChI=1S/C14H23NO2S/c1-11(14(2,3)4)10-15-12-6-8-13(9-7-12)18(5,16)17/h6-9,11,15H,10H2,1-5H3. The first-order valence-electron chi connectivity index (χ1n) is 6.14. The molecule has 1 aromatic carbocycles. The zero-order chi connectivity index (χ0) is 14.0. The van der Waals surface area contributed by atoms with Crippen molar-refractivity contribution < 1.29 is 8.42 Å². The highest BCUT2D eigenvalue weighted by Crippen LogP contribution is 2.25. The Kier molecular flexibility index (Phi) is 4.43. The molecule has 0 aromatic heterocycles. The first-order valence-corrected chi connectivity index (χ1v) is 8.04. The second kappa shape index (κ2) is 5.31. The fraction of sp³-hybridized carbons (Fsp3) is 0.571. The molecule has 1 N–H and O–H groups in total. The number of anilines is 1. The van der Waals surface area contributed by atoms with E-state index in [0.29, 0.717) is 10.8 Å². The molecule has 0 spiro atoms. The maximum Gasteiger partial charge on any atom is 0.175 e. The van der Waals surface area contributed by atoms with Crippen LogP contribution in [0.3, 0.4) is 0 Å². The van der Waals surface area contributed by atoms with E-state index in [9.17, 15) is 8.42 Å². The van der Waals surface area contributed by atoms with Crippen molar-refractivity contribution in [1.29, 1.82) is 0 Å². The molecule has 102 valence electrons. The Morgan fingerprint density at radius 3 is 2.06 bits per heavy atom. The largest absolute Gasteiger partial charge is 0.385 e. The minimum absolute atomic E-state index is 0.264. The molecule has 3 nitrogen and oxygen atoms in total. The van der Waals surface area contributed by atoms with Gasteiger partial charge in [0.25, 0.3) is 0 Å². The van der Waals surface area contributed by atoms with Crippen LogP contribution in [-0.2, 0) is 9.84 Å². The molecule has 0 aliphatic heterocycles. The van der Waals surface area contributed by atoms with Crippen molar-refractivity contribution in [2.75, 3.05) is 18.1 Å². The van der Waals surface area contributed by atoms with Gasteiger partial charge in [-0.1, -0.05) is 27.7 Å². The van der Waals surface area contributed by atoms with Crippen LogP contribution in [0.15, 0.2) is 29.2 Å². The summed E-state index contributed by atoms with van der Waals surface area (Å²) in [5.74, 6) is 0.534. The van der Waals surface area contributed by atoms with Crippen LogP contribution in [0.25, 0.3) is 0 Å². The third-order valence-corrected chi connectivity index (χ3v) is 4.50. The van der Waals surface area contributed by atoms with Crippen LogP contribution in [0.5, 0.6) is 0 Å². The van der Waals surface area contributed by atoms with Crippen molar-refractivity contribution in [3.63, 3.8) is 0 Å². The van der Waals surface area contributed by atoms with Crippen molar-refractivity contribution in [2.24, 2.45) is 11.3 Å². The van der Waals surface area contributed by atoms with Gasteiger partial charge in [0, 0.05) is 18.5 Å². The highest BCUT2D eigenvalue weighted by Gasteiger charge is 2.19. The molecule has 0 radical (unpaired) electrons. The fourth-order valence-corrected chi connectivity index (χ4v) is 2.03. The Morgan fingerprint density at radius 1 is 1.17 bits per heavy atom. The van der Waals surface area contributed by atoms with Crippen LogP contribution in [0.2, 0.25) is 0 Å². The van der Waals surface area contributed by atoms with Crippen LogP contribution in [0.1, 0.15) is 27.7 Å². The van der Waals surface area contributed by atoms with Gasteiger partial charge >= 0.3 is 0 Å². The molecule has 0 aliphatic rings. The summed E-state index contributed by atoms with van der Waals surface area (Å²) < 4.78 is 22.6. The Labute approximate surface area is 111 Å². The zero-order valence-electron chi connectivity index (χ0n) is 11.8. The highest BCUT2D eigenvalue weighted by molar-refractivity contribution is 7.90. The fourth-order valence-electron chi connectivity index (χ4n) is 1.40. The van der Waals surface area contributed by atoms with Gasteiger partial charge in [-0.25, -0.2) is 8.42 Å². The molecule has 0 bridgehead atoms. The molecule has 1 atom stereocenters. The van der Waals surface area contributed by atoms with Crippen molar-refractivity contribution in [3.8, 4) is 0 Å². The average molecular weight is 269 g/mol. The van der Waals surface area contributed by atoms with E-state index in [1.54, 1.807) is 12.1 Å². The van der Waals surface area contributed by atoms with Gasteiger partial charge < -0.3 is 5.32 Å². The van der Waals surface area contributed by atoms with E-state index in [-0.39, 0.29) is 5.41 Å². The predicted molar refractivity (Wildman–Crippen MR) is 76.7 cm³/mol. The molecule has 1 aromatic rings. The molecule has 4 heteroatoms. The van der Waals surface area contributed by atoms with Gasteiger partial charge in [-0.3, -0.25) is 0 Å². The molecule has 0 heterocycles. The zero-order valence-corrected chi connectivity index (χ0v) is 12.6. The van der Waals surface area contributed by atoms with Crippen LogP contribution >= 0.6 is 0 Å². The smallest absolute Gasteiger partial charge is 0.175 e. The maximum atomic E-state index is 11.3. The number of nitrogens with one attached hydrogen (secondary N) is 1. The first-order chi connectivity index (χ1) is 8.10. The Morgan fingerprint density at radius 2 is 1.67 bits per heavy atom. The van der Waals surface area contributed by atoms with Gasteiger partial charge in [-0.2, -0.15) is 0 Å². The molecular formula is C14H23NO2S. The molecule has 0 aliphatic carbocycles. The normalized spacial score (nSPS) is 14.3. The molecule has 0 saturated carbocycles. The lowest BCUT2D eigenvalue weighted by molar-refractivity contribution is 0.274. The van der Waals surface area contributed by atoms with Gasteiger partial charge in [-0.15, -0.1) is 0 Å². The Hall–Kier alpha value is -1.03. The minimum atomic E-state index is -3.10. The number of rotatable bonds is 4. The summed E-state index contributed by atoms with van der Waals surface area (Å²) in [7, 11) is -3.10. The van der Waals surface area contributed by atoms with E-state index in [4.69, 9.17) is 0 Å². The molecule has 0 amide bonds. The third-order valence-electron chi connectivity index (χ3n) is 3.37. The SMILES string of the molecule is CC(CNc1ccc(S(C)(=O)=O)cc1)C(C)(C)C. The number of benzene rings is 1. The van der Waals surface area contributed by atoms with E-state index < -0.39 is 9.84 Å². The average Bonchev–Trinajstić information content (AvgIpc) is 2.24. The van der Waals surface area contributed by atoms with E-state index in [0.717, 1.165) is 12.2 Å². The topological polar surface area (TPSA) is 46.2 Å². The second-order valence-electron chi connectivity index (χ2n) is 5.94. The quantitative estimate of drug-likeness (QED) is 0.913. The van der Waals surface area contributed by atoms with Crippen LogP contribution < -0.4 is 5.32 Å². The van der Waals surface area contributed by atoms with E-state index >= 15 is 0 Å². The van der Waals surface area contributed by atoms with Gasteiger partial charge in [-0.05, 0) is 35.6 Å². The van der Waals surface area contributed by atoms with Crippen LogP contribution in [0, 0.1) is 11.3 Å². The first kappa shape index (κ1) is 15.0. The highest BCUT2D eigenvalue weighted by atomic mass is 32.2. The lowest BCUT2D eigenvalue weighted by Gasteiger charge is -2.27. The van der Waals surface area contributed by atoms with Gasteiger partial charge in [0.1, 0.15) is 0 Å². The predicted octanol–water partition coefficient (Wildman–Crippen LogP) is 3.18. The summed E-state index contributed by atoms with van der Waals surface area (Å²) in [6, 6.07) is 6.90. The summed E-state index contributed by atoms with van der Waals surface area (Å²) in [4.78, 5) is 0.358. The van der Waals surface area contributed by atoms with Crippen molar-refractivity contribution in [2.45, 2.75) is 32.6 Å².